The Kier molecular flexibility index (Phi) is 3.43. The maximum Gasteiger partial charge on any atom is 0.262 e. The number of ether oxygens (including phenoxy) is 1. The van der Waals surface area contributed by atoms with Gasteiger partial charge in [-0.3, -0.25) is 9.36 Å². The fourth-order valence-corrected chi connectivity index (χ4v) is 2.82. The van der Waals surface area contributed by atoms with E-state index >= 15 is 0 Å². The molecule has 1 aromatic carbocycles. The van der Waals surface area contributed by atoms with Crippen molar-refractivity contribution in [2.45, 2.75) is 25.5 Å². The molecule has 1 aromatic heterocycles. The number of aromatic nitrogens is 2. The van der Waals surface area contributed by atoms with Crippen molar-refractivity contribution in [2.24, 2.45) is 0 Å². The summed E-state index contributed by atoms with van der Waals surface area (Å²) in [5.41, 5.74) is 0.581. The van der Waals surface area contributed by atoms with Gasteiger partial charge in [0, 0.05) is 11.6 Å². The van der Waals surface area contributed by atoms with Gasteiger partial charge in [-0.05, 0) is 43.3 Å². The molecule has 6 heteroatoms. The fraction of sp³-hybridized carbons (Fsp3) is 0.385. The predicted octanol–water partition coefficient (Wildman–Crippen LogP) is 2.89. The van der Waals surface area contributed by atoms with E-state index in [0.717, 1.165) is 19.4 Å². The Labute approximate surface area is 120 Å². The summed E-state index contributed by atoms with van der Waals surface area (Å²) in [5.74, 6) is 0. The van der Waals surface area contributed by atoms with Crippen LogP contribution in [0.2, 0.25) is 5.02 Å². The van der Waals surface area contributed by atoms with Crippen LogP contribution < -0.4 is 5.56 Å². The van der Waals surface area contributed by atoms with Crippen molar-refractivity contribution in [3.8, 4) is 0 Å². The van der Waals surface area contributed by atoms with E-state index in [1.165, 1.54) is 0 Å². The molecule has 19 heavy (non-hydrogen) atoms. The van der Waals surface area contributed by atoms with Crippen molar-refractivity contribution in [1.29, 1.82) is 0 Å². The van der Waals surface area contributed by atoms with Gasteiger partial charge in [-0.1, -0.05) is 11.6 Å². The normalized spacial score (nSPS) is 19.1. The van der Waals surface area contributed by atoms with Gasteiger partial charge in [0.25, 0.3) is 5.56 Å². The minimum absolute atomic E-state index is 0.0811. The van der Waals surface area contributed by atoms with E-state index < -0.39 is 0 Å². The highest BCUT2D eigenvalue weighted by molar-refractivity contribution is 7.71. The number of halogens is 1. The van der Waals surface area contributed by atoms with Crippen LogP contribution >= 0.6 is 23.8 Å². The van der Waals surface area contributed by atoms with Gasteiger partial charge >= 0.3 is 0 Å². The zero-order valence-corrected chi connectivity index (χ0v) is 11.8. The van der Waals surface area contributed by atoms with Gasteiger partial charge in [-0.25, -0.2) is 0 Å². The maximum atomic E-state index is 12.4. The van der Waals surface area contributed by atoms with Crippen molar-refractivity contribution >= 4 is 34.7 Å². The average Bonchev–Trinajstić information content (AvgIpc) is 2.87. The number of benzene rings is 1. The van der Waals surface area contributed by atoms with Crippen LogP contribution in [0, 0.1) is 4.77 Å². The van der Waals surface area contributed by atoms with E-state index in [9.17, 15) is 4.79 Å². The van der Waals surface area contributed by atoms with Crippen molar-refractivity contribution in [2.75, 3.05) is 6.61 Å². The standard InChI is InChI=1S/C13H13ClN2O2S/c14-8-3-4-10-11(6-8)15-13(19)16(12(10)17)7-9-2-1-5-18-9/h3-4,6,9H,1-2,5,7H2,(H,15,19). The largest absolute Gasteiger partial charge is 0.376 e. The lowest BCUT2D eigenvalue weighted by Crippen LogP contribution is -2.27. The van der Waals surface area contributed by atoms with Gasteiger partial charge in [0.05, 0.1) is 23.6 Å². The second-order valence-corrected chi connectivity index (χ2v) is 5.49. The topological polar surface area (TPSA) is 47.0 Å². The van der Waals surface area contributed by atoms with Gasteiger partial charge in [-0.2, -0.15) is 0 Å². The van der Waals surface area contributed by atoms with Gasteiger partial charge in [-0.15, -0.1) is 0 Å². The minimum Gasteiger partial charge on any atom is -0.376 e. The van der Waals surface area contributed by atoms with Gasteiger partial charge in [0.15, 0.2) is 4.77 Å². The third-order valence-electron chi connectivity index (χ3n) is 3.35. The molecule has 1 aliphatic rings. The molecule has 0 radical (unpaired) electrons. The monoisotopic (exact) mass is 296 g/mol. The highest BCUT2D eigenvalue weighted by atomic mass is 35.5. The lowest BCUT2D eigenvalue weighted by molar-refractivity contribution is 0.0957. The van der Waals surface area contributed by atoms with E-state index in [2.05, 4.69) is 4.98 Å². The molecule has 3 rings (SSSR count). The first-order valence-electron chi connectivity index (χ1n) is 6.19. The Balaban J connectivity index is 2.11. The summed E-state index contributed by atoms with van der Waals surface area (Å²) in [6.45, 7) is 1.27. The highest BCUT2D eigenvalue weighted by Gasteiger charge is 2.17. The number of nitrogens with zero attached hydrogens (tertiary/aromatic N) is 1. The van der Waals surface area contributed by atoms with Crippen LogP contribution in [0.5, 0.6) is 0 Å². The van der Waals surface area contributed by atoms with Crippen LogP contribution in [0.3, 0.4) is 0 Å². The lowest BCUT2D eigenvalue weighted by atomic mass is 10.2. The number of hydrogen-bond acceptors (Lipinski definition) is 3. The molecule has 1 atom stereocenters. The van der Waals surface area contributed by atoms with Crippen LogP contribution in [0.4, 0.5) is 0 Å². The summed E-state index contributed by atoms with van der Waals surface area (Å²) >= 11 is 11.2. The van der Waals surface area contributed by atoms with Crippen molar-refractivity contribution in [1.82, 2.24) is 9.55 Å². The molecule has 4 nitrogen and oxygen atoms in total. The second-order valence-electron chi connectivity index (χ2n) is 4.67. The first-order chi connectivity index (χ1) is 9.15. The molecule has 0 aliphatic carbocycles. The number of fused-ring (bicyclic) bond motifs is 1. The Morgan fingerprint density at radius 1 is 1.53 bits per heavy atom. The summed E-state index contributed by atoms with van der Waals surface area (Å²) < 4.78 is 7.54. The zero-order valence-electron chi connectivity index (χ0n) is 10.2. The third-order valence-corrected chi connectivity index (χ3v) is 3.91. The number of H-pyrrole nitrogens is 1. The smallest absolute Gasteiger partial charge is 0.262 e. The van der Waals surface area contributed by atoms with Crippen LogP contribution in [0.25, 0.3) is 10.9 Å². The number of hydrogen-bond donors (Lipinski definition) is 1. The van der Waals surface area contributed by atoms with Crippen molar-refractivity contribution < 1.29 is 4.74 Å². The fourth-order valence-electron chi connectivity index (χ4n) is 2.38. The Hall–Kier alpha value is -1.17. The SMILES string of the molecule is O=c1c2ccc(Cl)cc2[nH]c(=S)n1CC1CCCO1. The molecule has 100 valence electrons. The summed E-state index contributed by atoms with van der Waals surface area (Å²) in [5, 5.41) is 1.17. The first-order valence-corrected chi connectivity index (χ1v) is 6.98. The van der Waals surface area contributed by atoms with Gasteiger partial charge < -0.3 is 9.72 Å². The molecule has 0 spiro atoms. The minimum atomic E-state index is -0.0917. The quantitative estimate of drug-likeness (QED) is 0.867. The maximum absolute atomic E-state index is 12.4. The molecule has 1 unspecified atom stereocenters. The predicted molar refractivity (Wildman–Crippen MR) is 77.4 cm³/mol. The molecule has 0 amide bonds. The van der Waals surface area contributed by atoms with Gasteiger partial charge in [0.1, 0.15) is 0 Å². The van der Waals surface area contributed by atoms with Crippen LogP contribution in [0.15, 0.2) is 23.0 Å². The van der Waals surface area contributed by atoms with E-state index in [4.69, 9.17) is 28.6 Å². The van der Waals surface area contributed by atoms with Crippen LogP contribution in [-0.4, -0.2) is 22.3 Å². The Bertz CT molecular complexity index is 731. The van der Waals surface area contributed by atoms with Crippen LogP contribution in [-0.2, 0) is 11.3 Å². The number of nitrogens with one attached hydrogen (secondary N) is 1. The molecular formula is C13H13ClN2O2S. The molecular weight excluding hydrogens is 284 g/mol. The summed E-state index contributed by atoms with van der Waals surface area (Å²) in [7, 11) is 0. The second kappa shape index (κ2) is 5.07. The molecule has 2 heterocycles. The summed E-state index contributed by atoms with van der Waals surface area (Å²) in [6.07, 6.45) is 2.09. The van der Waals surface area contributed by atoms with Crippen LogP contribution in [0.1, 0.15) is 12.8 Å². The average molecular weight is 297 g/mol. The number of aromatic amines is 1. The molecule has 1 fully saturated rings. The molecule has 2 aromatic rings. The van der Waals surface area contributed by atoms with E-state index in [0.29, 0.717) is 27.2 Å². The summed E-state index contributed by atoms with van der Waals surface area (Å²) in [4.78, 5) is 15.5. The van der Waals surface area contributed by atoms with E-state index in [1.807, 2.05) is 0 Å². The number of rotatable bonds is 2. The zero-order chi connectivity index (χ0) is 13.4. The van der Waals surface area contributed by atoms with Gasteiger partial charge in [0.2, 0.25) is 0 Å². The van der Waals surface area contributed by atoms with Crippen molar-refractivity contribution in [3.63, 3.8) is 0 Å². The molecule has 1 aliphatic heterocycles. The van der Waals surface area contributed by atoms with E-state index in [1.54, 1.807) is 22.8 Å². The third kappa shape index (κ3) is 2.45. The first kappa shape index (κ1) is 12.8. The molecule has 0 bridgehead atoms. The molecule has 1 N–H and O–H groups in total. The molecule has 1 saturated heterocycles. The summed E-state index contributed by atoms with van der Waals surface area (Å²) in [6, 6.07) is 5.14. The van der Waals surface area contributed by atoms with E-state index in [-0.39, 0.29) is 11.7 Å². The lowest BCUT2D eigenvalue weighted by Gasteiger charge is -2.12. The highest BCUT2D eigenvalue weighted by Crippen LogP contribution is 2.16. The van der Waals surface area contributed by atoms with Crippen molar-refractivity contribution in [3.05, 3.63) is 38.3 Å². The Morgan fingerprint density at radius 3 is 3.11 bits per heavy atom. The molecule has 0 saturated carbocycles. The Morgan fingerprint density at radius 2 is 2.37 bits per heavy atom.